The Balaban J connectivity index is 2.34. The van der Waals surface area contributed by atoms with Gasteiger partial charge in [0.2, 0.25) is 0 Å². The molecule has 2 rings (SSSR count). The SMILES string of the molecule is Cc1c(N)cnc(Nc2ccc(F)c(Cl)c2)c1Br. The Morgan fingerprint density at radius 1 is 1.44 bits per heavy atom. The van der Waals surface area contributed by atoms with E-state index in [9.17, 15) is 4.39 Å². The normalized spacial score (nSPS) is 10.4. The molecular formula is C12H10BrClFN3. The molecule has 0 amide bonds. The van der Waals surface area contributed by atoms with Crippen LogP contribution in [0.5, 0.6) is 0 Å². The highest BCUT2D eigenvalue weighted by Crippen LogP contribution is 2.30. The number of pyridine rings is 1. The van der Waals surface area contributed by atoms with E-state index in [0.29, 0.717) is 17.2 Å². The first kappa shape index (κ1) is 13.1. The van der Waals surface area contributed by atoms with Crippen LogP contribution in [0.2, 0.25) is 5.02 Å². The fraction of sp³-hybridized carbons (Fsp3) is 0.0833. The third-order valence-corrected chi connectivity index (χ3v) is 3.75. The van der Waals surface area contributed by atoms with E-state index < -0.39 is 5.82 Å². The van der Waals surface area contributed by atoms with E-state index in [1.54, 1.807) is 12.3 Å². The summed E-state index contributed by atoms with van der Waals surface area (Å²) < 4.78 is 13.8. The van der Waals surface area contributed by atoms with Crippen LogP contribution in [-0.2, 0) is 0 Å². The van der Waals surface area contributed by atoms with Crippen molar-refractivity contribution in [1.29, 1.82) is 0 Å². The molecule has 2 aromatic rings. The number of nitrogen functional groups attached to an aromatic ring is 1. The van der Waals surface area contributed by atoms with Gasteiger partial charge in [0.05, 0.1) is 21.4 Å². The van der Waals surface area contributed by atoms with E-state index in [0.717, 1.165) is 10.0 Å². The first-order valence-corrected chi connectivity index (χ1v) is 6.29. The number of aromatic nitrogens is 1. The molecule has 0 aliphatic rings. The van der Waals surface area contributed by atoms with E-state index in [-0.39, 0.29) is 5.02 Å². The van der Waals surface area contributed by atoms with Gasteiger partial charge in [0.15, 0.2) is 0 Å². The van der Waals surface area contributed by atoms with E-state index in [1.165, 1.54) is 12.1 Å². The van der Waals surface area contributed by atoms with Crippen LogP contribution in [0, 0.1) is 12.7 Å². The first-order chi connectivity index (χ1) is 8.49. The maximum Gasteiger partial charge on any atom is 0.145 e. The number of hydrogen-bond acceptors (Lipinski definition) is 3. The third-order valence-electron chi connectivity index (χ3n) is 2.49. The summed E-state index contributed by atoms with van der Waals surface area (Å²) in [5, 5.41) is 3.10. The Morgan fingerprint density at radius 2 is 2.17 bits per heavy atom. The fourth-order valence-corrected chi connectivity index (χ4v) is 2.00. The second-order valence-electron chi connectivity index (χ2n) is 3.76. The zero-order valence-electron chi connectivity index (χ0n) is 9.47. The van der Waals surface area contributed by atoms with Gasteiger partial charge in [-0.05, 0) is 46.6 Å². The molecule has 94 valence electrons. The van der Waals surface area contributed by atoms with Gasteiger partial charge < -0.3 is 11.1 Å². The molecular weight excluding hydrogens is 321 g/mol. The Morgan fingerprint density at radius 3 is 2.83 bits per heavy atom. The zero-order chi connectivity index (χ0) is 13.3. The van der Waals surface area contributed by atoms with Crippen molar-refractivity contribution >= 4 is 44.7 Å². The molecule has 1 heterocycles. The molecule has 0 saturated carbocycles. The Hall–Kier alpha value is -1.33. The van der Waals surface area contributed by atoms with Crippen molar-refractivity contribution in [1.82, 2.24) is 4.98 Å². The number of halogens is 3. The van der Waals surface area contributed by atoms with Crippen molar-refractivity contribution in [2.45, 2.75) is 6.92 Å². The summed E-state index contributed by atoms with van der Waals surface area (Å²) in [5.74, 6) is 0.145. The number of benzene rings is 1. The van der Waals surface area contributed by atoms with Gasteiger partial charge in [0.1, 0.15) is 11.6 Å². The number of rotatable bonds is 2. The number of anilines is 3. The van der Waals surface area contributed by atoms with Gasteiger partial charge in [-0.1, -0.05) is 11.6 Å². The molecule has 0 atom stereocenters. The standard InChI is InChI=1S/C12H10BrClFN3/c1-6-10(16)5-17-12(11(6)13)18-7-2-3-9(15)8(14)4-7/h2-5H,16H2,1H3,(H,17,18). The maximum absolute atomic E-state index is 13.0. The zero-order valence-corrected chi connectivity index (χ0v) is 11.8. The lowest BCUT2D eigenvalue weighted by Crippen LogP contribution is -1.99. The minimum Gasteiger partial charge on any atom is -0.397 e. The lowest BCUT2D eigenvalue weighted by atomic mass is 10.2. The molecule has 0 saturated heterocycles. The summed E-state index contributed by atoms with van der Waals surface area (Å²) in [5.41, 5.74) is 7.88. The third kappa shape index (κ3) is 2.57. The predicted octanol–water partition coefficient (Wildman–Crippen LogP) is 4.27. The van der Waals surface area contributed by atoms with Crippen LogP contribution in [0.4, 0.5) is 21.6 Å². The molecule has 0 fully saturated rings. The average Bonchev–Trinajstić information content (AvgIpc) is 2.34. The molecule has 0 unspecified atom stereocenters. The van der Waals surface area contributed by atoms with Crippen LogP contribution in [0.1, 0.15) is 5.56 Å². The topological polar surface area (TPSA) is 50.9 Å². The summed E-state index contributed by atoms with van der Waals surface area (Å²) in [7, 11) is 0. The molecule has 3 N–H and O–H groups in total. The minimum absolute atomic E-state index is 0.0586. The van der Waals surface area contributed by atoms with E-state index in [1.807, 2.05) is 6.92 Å². The molecule has 6 heteroatoms. The van der Waals surface area contributed by atoms with Crippen molar-refractivity contribution in [2.24, 2.45) is 0 Å². The van der Waals surface area contributed by atoms with Crippen molar-refractivity contribution in [2.75, 3.05) is 11.1 Å². The molecule has 0 bridgehead atoms. The smallest absolute Gasteiger partial charge is 0.145 e. The number of hydrogen-bond donors (Lipinski definition) is 2. The summed E-state index contributed by atoms with van der Waals surface area (Å²) in [4.78, 5) is 4.17. The van der Waals surface area contributed by atoms with Crippen molar-refractivity contribution in [3.8, 4) is 0 Å². The molecule has 0 radical (unpaired) electrons. The van der Waals surface area contributed by atoms with E-state index >= 15 is 0 Å². The highest BCUT2D eigenvalue weighted by Gasteiger charge is 2.08. The van der Waals surface area contributed by atoms with Gasteiger partial charge in [-0.2, -0.15) is 0 Å². The first-order valence-electron chi connectivity index (χ1n) is 5.11. The van der Waals surface area contributed by atoms with Crippen LogP contribution in [-0.4, -0.2) is 4.98 Å². The highest BCUT2D eigenvalue weighted by atomic mass is 79.9. The van der Waals surface area contributed by atoms with Crippen LogP contribution in [0.3, 0.4) is 0 Å². The van der Waals surface area contributed by atoms with Crippen molar-refractivity contribution < 1.29 is 4.39 Å². The average molecular weight is 331 g/mol. The number of nitrogens with one attached hydrogen (secondary N) is 1. The van der Waals surface area contributed by atoms with E-state index in [2.05, 4.69) is 26.2 Å². The molecule has 0 spiro atoms. The number of nitrogens with zero attached hydrogens (tertiary/aromatic N) is 1. The van der Waals surface area contributed by atoms with Gasteiger partial charge in [-0.3, -0.25) is 0 Å². The maximum atomic E-state index is 13.0. The van der Waals surface area contributed by atoms with Gasteiger partial charge in [0.25, 0.3) is 0 Å². The van der Waals surface area contributed by atoms with Gasteiger partial charge in [0, 0.05) is 5.69 Å². The Bertz CT molecular complexity index is 604. The molecule has 0 aliphatic heterocycles. The van der Waals surface area contributed by atoms with Crippen LogP contribution < -0.4 is 11.1 Å². The molecule has 18 heavy (non-hydrogen) atoms. The Kier molecular flexibility index (Phi) is 3.73. The summed E-state index contributed by atoms with van der Waals surface area (Å²) >= 11 is 9.12. The minimum atomic E-state index is -0.456. The summed E-state index contributed by atoms with van der Waals surface area (Å²) in [6.45, 7) is 1.88. The Labute approximate surface area is 117 Å². The summed E-state index contributed by atoms with van der Waals surface area (Å²) in [6.07, 6.45) is 1.56. The molecule has 3 nitrogen and oxygen atoms in total. The lowest BCUT2D eigenvalue weighted by molar-refractivity contribution is 0.628. The van der Waals surface area contributed by atoms with Crippen LogP contribution in [0.25, 0.3) is 0 Å². The monoisotopic (exact) mass is 329 g/mol. The highest BCUT2D eigenvalue weighted by molar-refractivity contribution is 9.10. The predicted molar refractivity (Wildman–Crippen MR) is 75.8 cm³/mol. The number of nitrogens with two attached hydrogens (primary N) is 1. The molecule has 1 aromatic heterocycles. The van der Waals surface area contributed by atoms with Crippen molar-refractivity contribution in [3.63, 3.8) is 0 Å². The van der Waals surface area contributed by atoms with Crippen LogP contribution in [0.15, 0.2) is 28.9 Å². The fourth-order valence-electron chi connectivity index (χ4n) is 1.39. The van der Waals surface area contributed by atoms with Gasteiger partial charge in [-0.15, -0.1) is 0 Å². The van der Waals surface area contributed by atoms with Crippen molar-refractivity contribution in [3.05, 3.63) is 45.3 Å². The van der Waals surface area contributed by atoms with E-state index in [4.69, 9.17) is 17.3 Å². The molecule has 0 aliphatic carbocycles. The molecule has 1 aromatic carbocycles. The van der Waals surface area contributed by atoms with Crippen LogP contribution >= 0.6 is 27.5 Å². The largest absolute Gasteiger partial charge is 0.397 e. The van der Waals surface area contributed by atoms with Gasteiger partial charge in [-0.25, -0.2) is 9.37 Å². The second-order valence-corrected chi connectivity index (χ2v) is 4.96. The van der Waals surface area contributed by atoms with Gasteiger partial charge >= 0.3 is 0 Å². The lowest BCUT2D eigenvalue weighted by Gasteiger charge is -2.11. The summed E-state index contributed by atoms with van der Waals surface area (Å²) in [6, 6.07) is 4.38. The second kappa shape index (κ2) is 5.12. The quantitative estimate of drug-likeness (QED) is 0.864.